The first kappa shape index (κ1) is 16.0. The molecule has 5 nitrogen and oxygen atoms in total. The number of piperazine rings is 1. The maximum absolute atomic E-state index is 12.7. The van der Waals surface area contributed by atoms with Crippen LogP contribution in [0.2, 0.25) is 5.15 Å². The van der Waals surface area contributed by atoms with Crippen LogP contribution in [0.15, 0.2) is 12.1 Å². The number of aromatic nitrogens is 1. The van der Waals surface area contributed by atoms with Gasteiger partial charge < -0.3 is 10.2 Å². The Balaban J connectivity index is 2.16. The van der Waals surface area contributed by atoms with Crippen LogP contribution in [0.5, 0.6) is 0 Å². The van der Waals surface area contributed by atoms with Gasteiger partial charge in [0.05, 0.1) is 0 Å². The lowest BCUT2D eigenvalue weighted by Crippen LogP contribution is -2.52. The van der Waals surface area contributed by atoms with Gasteiger partial charge >= 0.3 is 0 Å². The highest BCUT2D eigenvalue weighted by Crippen LogP contribution is 2.18. The molecule has 21 heavy (non-hydrogen) atoms. The fraction of sp³-hybridized carbons (Fsp3) is 0.600. The molecule has 1 atom stereocenters. The van der Waals surface area contributed by atoms with E-state index in [1.54, 1.807) is 12.1 Å². The largest absolute Gasteiger partial charge is 0.370 e. The first-order valence-corrected chi connectivity index (χ1v) is 7.83. The fourth-order valence-electron chi connectivity index (χ4n) is 2.65. The van der Waals surface area contributed by atoms with Crippen LogP contribution in [0.25, 0.3) is 0 Å². The first-order valence-electron chi connectivity index (χ1n) is 7.46. The minimum Gasteiger partial charge on any atom is -0.370 e. The lowest BCUT2D eigenvalue weighted by atomic mass is 10.1. The summed E-state index contributed by atoms with van der Waals surface area (Å²) in [5.74, 6) is 0.680. The predicted molar refractivity (Wildman–Crippen MR) is 86.0 cm³/mol. The summed E-state index contributed by atoms with van der Waals surface area (Å²) in [6, 6.07) is 3.84. The van der Waals surface area contributed by atoms with E-state index in [2.05, 4.69) is 29.2 Å². The number of carbonyl (C=O) groups is 1. The lowest BCUT2D eigenvalue weighted by Gasteiger charge is -2.39. The van der Waals surface area contributed by atoms with Crippen molar-refractivity contribution in [3.63, 3.8) is 0 Å². The third-order valence-corrected chi connectivity index (χ3v) is 4.13. The zero-order valence-electron chi connectivity index (χ0n) is 12.9. The third-order valence-electron chi connectivity index (χ3n) is 3.93. The quantitative estimate of drug-likeness (QED) is 0.867. The summed E-state index contributed by atoms with van der Waals surface area (Å²) in [6.07, 6.45) is 1.04. The molecule has 1 fully saturated rings. The van der Waals surface area contributed by atoms with Crippen LogP contribution in [-0.4, -0.2) is 60.0 Å². The number of carbonyl (C=O) groups excluding carboxylic acids is 1. The van der Waals surface area contributed by atoms with Crippen molar-refractivity contribution in [1.29, 1.82) is 0 Å². The van der Waals surface area contributed by atoms with Gasteiger partial charge in [0.25, 0.3) is 5.91 Å². The zero-order valence-corrected chi connectivity index (χ0v) is 13.7. The topological polar surface area (TPSA) is 48.5 Å². The molecule has 0 spiro atoms. The fourth-order valence-corrected chi connectivity index (χ4v) is 2.85. The van der Waals surface area contributed by atoms with E-state index in [0.29, 0.717) is 22.6 Å². The summed E-state index contributed by atoms with van der Waals surface area (Å²) >= 11 is 6.02. The van der Waals surface area contributed by atoms with Gasteiger partial charge in [-0.1, -0.05) is 18.5 Å². The van der Waals surface area contributed by atoms with Crippen LogP contribution < -0.4 is 5.32 Å². The molecule has 1 aliphatic heterocycles. The van der Waals surface area contributed by atoms with Gasteiger partial charge in [0.2, 0.25) is 0 Å². The molecule has 0 aromatic carbocycles. The van der Waals surface area contributed by atoms with E-state index < -0.39 is 0 Å². The zero-order chi connectivity index (χ0) is 15.4. The second-order valence-electron chi connectivity index (χ2n) is 5.39. The number of anilines is 1. The van der Waals surface area contributed by atoms with E-state index >= 15 is 0 Å². The monoisotopic (exact) mass is 310 g/mol. The van der Waals surface area contributed by atoms with Gasteiger partial charge in [-0.3, -0.25) is 9.69 Å². The van der Waals surface area contributed by atoms with Crippen molar-refractivity contribution in [3.05, 3.63) is 22.8 Å². The number of likely N-dealkylation sites (N-methyl/N-ethyl adjacent to an activating group) is 1. The van der Waals surface area contributed by atoms with E-state index in [1.165, 1.54) is 0 Å². The number of hydrogen-bond acceptors (Lipinski definition) is 4. The van der Waals surface area contributed by atoms with Gasteiger partial charge in [-0.15, -0.1) is 0 Å². The first-order chi connectivity index (χ1) is 10.0. The van der Waals surface area contributed by atoms with E-state index in [1.807, 2.05) is 11.8 Å². The molecule has 1 aromatic rings. The Morgan fingerprint density at radius 1 is 1.43 bits per heavy atom. The predicted octanol–water partition coefficient (Wildman–Crippen LogP) is 2.33. The standard InChI is InChI=1S/C15H23ClN4O/c1-4-12-10-20(7-6-19(12)3)15(21)11-8-13(16)18-14(9-11)17-5-2/h8-9,12H,4-7,10H2,1-3H3,(H,17,18). The van der Waals surface area contributed by atoms with E-state index in [4.69, 9.17) is 11.6 Å². The number of halogens is 1. The molecule has 0 bridgehead atoms. The van der Waals surface area contributed by atoms with Gasteiger partial charge in [-0.05, 0) is 32.5 Å². The van der Waals surface area contributed by atoms with E-state index in [-0.39, 0.29) is 5.91 Å². The van der Waals surface area contributed by atoms with E-state index in [9.17, 15) is 4.79 Å². The third kappa shape index (κ3) is 3.86. The molecule has 116 valence electrons. The van der Waals surface area contributed by atoms with Crippen molar-refractivity contribution < 1.29 is 4.79 Å². The summed E-state index contributed by atoms with van der Waals surface area (Å²) in [6.45, 7) is 7.30. The molecule has 2 rings (SSSR count). The number of rotatable bonds is 4. The molecular formula is C15H23ClN4O. The van der Waals surface area contributed by atoms with Crippen molar-refractivity contribution in [2.45, 2.75) is 26.3 Å². The summed E-state index contributed by atoms with van der Waals surface area (Å²) < 4.78 is 0. The highest BCUT2D eigenvalue weighted by molar-refractivity contribution is 6.29. The molecule has 1 aliphatic rings. The smallest absolute Gasteiger partial charge is 0.254 e. The normalized spacial score (nSPS) is 19.6. The Kier molecular flexibility index (Phi) is 5.42. The minimum absolute atomic E-state index is 0.0324. The Morgan fingerprint density at radius 3 is 2.86 bits per heavy atom. The summed E-state index contributed by atoms with van der Waals surface area (Å²) in [5, 5.41) is 3.44. The van der Waals surface area contributed by atoms with Gasteiger partial charge in [-0.25, -0.2) is 4.98 Å². The Hall–Kier alpha value is -1.33. The molecule has 6 heteroatoms. The molecule has 1 aromatic heterocycles. The molecule has 1 unspecified atom stereocenters. The maximum Gasteiger partial charge on any atom is 0.254 e. The van der Waals surface area contributed by atoms with Gasteiger partial charge in [-0.2, -0.15) is 0 Å². The summed E-state index contributed by atoms with van der Waals surface area (Å²) in [5.41, 5.74) is 0.602. The van der Waals surface area contributed by atoms with Crippen molar-refractivity contribution in [3.8, 4) is 0 Å². The highest BCUT2D eigenvalue weighted by Gasteiger charge is 2.27. The molecule has 1 saturated heterocycles. The van der Waals surface area contributed by atoms with Crippen LogP contribution >= 0.6 is 11.6 Å². The van der Waals surface area contributed by atoms with Crippen molar-refractivity contribution >= 4 is 23.3 Å². The summed E-state index contributed by atoms with van der Waals surface area (Å²) in [4.78, 5) is 21.1. The lowest BCUT2D eigenvalue weighted by molar-refractivity contribution is 0.0542. The molecule has 2 heterocycles. The van der Waals surface area contributed by atoms with Crippen molar-refractivity contribution in [2.75, 3.05) is 38.5 Å². The Morgan fingerprint density at radius 2 is 2.19 bits per heavy atom. The van der Waals surface area contributed by atoms with Gasteiger partial charge in [0, 0.05) is 37.8 Å². The highest BCUT2D eigenvalue weighted by atomic mass is 35.5. The number of amides is 1. The number of nitrogens with one attached hydrogen (secondary N) is 1. The van der Waals surface area contributed by atoms with Crippen LogP contribution in [0.1, 0.15) is 30.6 Å². The van der Waals surface area contributed by atoms with Crippen LogP contribution in [-0.2, 0) is 0 Å². The van der Waals surface area contributed by atoms with Crippen LogP contribution in [0.3, 0.4) is 0 Å². The average Bonchev–Trinajstić information content (AvgIpc) is 2.47. The molecule has 1 N–H and O–H groups in total. The molecule has 0 aliphatic carbocycles. The van der Waals surface area contributed by atoms with Crippen molar-refractivity contribution in [2.24, 2.45) is 0 Å². The molecular weight excluding hydrogens is 288 g/mol. The SMILES string of the molecule is CCNc1cc(C(=O)N2CCN(C)C(CC)C2)cc(Cl)n1. The summed E-state index contributed by atoms with van der Waals surface area (Å²) in [7, 11) is 2.11. The van der Waals surface area contributed by atoms with Gasteiger partial charge in [0.15, 0.2) is 0 Å². The van der Waals surface area contributed by atoms with Crippen LogP contribution in [0, 0.1) is 0 Å². The van der Waals surface area contributed by atoms with Gasteiger partial charge in [0.1, 0.15) is 11.0 Å². The Bertz CT molecular complexity index is 508. The molecule has 1 amide bonds. The maximum atomic E-state index is 12.7. The second kappa shape index (κ2) is 7.09. The average molecular weight is 311 g/mol. The van der Waals surface area contributed by atoms with Crippen molar-refractivity contribution in [1.82, 2.24) is 14.8 Å². The molecule has 0 radical (unpaired) electrons. The second-order valence-corrected chi connectivity index (χ2v) is 5.78. The van der Waals surface area contributed by atoms with Crippen LogP contribution in [0.4, 0.5) is 5.82 Å². The number of nitrogens with zero attached hydrogens (tertiary/aromatic N) is 3. The molecule has 0 saturated carbocycles. The van der Waals surface area contributed by atoms with E-state index in [0.717, 1.165) is 32.6 Å². The Labute approximate surface area is 131 Å². The number of hydrogen-bond donors (Lipinski definition) is 1. The minimum atomic E-state index is 0.0324. The number of pyridine rings is 1.